The van der Waals surface area contributed by atoms with Crippen molar-refractivity contribution >= 4 is 23.0 Å². The van der Waals surface area contributed by atoms with Gasteiger partial charge in [-0.3, -0.25) is 20.2 Å². The predicted molar refractivity (Wildman–Crippen MR) is 74.2 cm³/mol. The Kier molecular flexibility index (Phi) is 5.10. The molecule has 12 heteroatoms. The number of hydrogen-bond donors (Lipinski definition) is 2. The van der Waals surface area contributed by atoms with E-state index in [0.29, 0.717) is 12.1 Å². The smallest absolute Gasteiger partial charge is 0.336 e. The van der Waals surface area contributed by atoms with Crippen molar-refractivity contribution in [3.63, 3.8) is 0 Å². The quantitative estimate of drug-likeness (QED) is 0.451. The van der Waals surface area contributed by atoms with Gasteiger partial charge in [-0.05, 0) is 0 Å². The number of nitro benzene ring substituents is 2. The summed E-state index contributed by atoms with van der Waals surface area (Å²) in [6.07, 6.45) is 0. The lowest BCUT2D eigenvalue weighted by atomic mass is 10.1. The van der Waals surface area contributed by atoms with Crippen LogP contribution in [0.5, 0.6) is 0 Å². The monoisotopic (exact) mass is 328 g/mol. The van der Waals surface area contributed by atoms with Crippen LogP contribution >= 0.6 is 0 Å². The van der Waals surface area contributed by atoms with E-state index in [2.05, 4.69) is 0 Å². The van der Waals surface area contributed by atoms with Gasteiger partial charge >= 0.3 is 17.3 Å². The highest BCUT2D eigenvalue weighted by molar-refractivity contribution is 5.93. The Balaban J connectivity index is 3.78. The molecule has 1 rings (SSSR count). The molecule has 0 atom stereocenters. The Morgan fingerprint density at radius 2 is 1.50 bits per heavy atom. The van der Waals surface area contributed by atoms with Gasteiger partial charge in [0.15, 0.2) is 11.3 Å². The molecule has 0 aliphatic rings. The molecule has 2 N–H and O–H groups in total. The van der Waals surface area contributed by atoms with Crippen LogP contribution in [0.25, 0.3) is 0 Å². The molecule has 0 unspecified atom stereocenters. The van der Waals surface area contributed by atoms with Gasteiger partial charge in [-0.15, -0.1) is 0 Å². The van der Waals surface area contributed by atoms with Crippen molar-refractivity contribution in [3.05, 3.63) is 49.2 Å². The summed E-state index contributed by atoms with van der Waals surface area (Å²) in [5.41, 5.74) is -5.08. The second-order valence-electron chi connectivity index (χ2n) is 3.92. The summed E-state index contributed by atoms with van der Waals surface area (Å²) in [5.74, 6) is -1.64. The number of nitrogens with one attached hydrogen (secondary N) is 1. The lowest BCUT2D eigenvalue weighted by Gasteiger charge is -2.07. The summed E-state index contributed by atoms with van der Waals surface area (Å²) in [6, 6.07) is 5.18. The number of benzene rings is 1. The summed E-state index contributed by atoms with van der Waals surface area (Å²) in [4.78, 5) is 30.9. The number of carbonyl (C=O) groups is 1. The van der Waals surface area contributed by atoms with E-state index in [1.807, 2.05) is 5.32 Å². The van der Waals surface area contributed by atoms with E-state index in [1.54, 1.807) is 0 Å². The van der Waals surface area contributed by atoms with E-state index in [9.17, 15) is 25.0 Å². The maximum atomic E-state index is 11.1. The zero-order chi connectivity index (χ0) is 18.4. The second-order valence-corrected chi connectivity index (χ2v) is 3.92. The summed E-state index contributed by atoms with van der Waals surface area (Å²) in [7, 11) is 0. The third kappa shape index (κ3) is 3.39. The molecule has 0 radical (unpaired) electrons. The van der Waals surface area contributed by atoms with Gasteiger partial charge in [-0.1, -0.05) is 0 Å². The van der Waals surface area contributed by atoms with E-state index in [0.717, 1.165) is 0 Å². The fourth-order valence-corrected chi connectivity index (χ4v) is 1.56. The average molecular weight is 328 g/mol. The van der Waals surface area contributed by atoms with Crippen LogP contribution in [-0.2, 0) is 0 Å². The van der Waals surface area contributed by atoms with Gasteiger partial charge in [0, 0.05) is 12.1 Å². The molecule has 0 amide bonds. The number of carboxylic acids is 1. The second kappa shape index (κ2) is 6.98. The number of nitrogens with zero attached hydrogens (tertiary/aromatic N) is 5. The Hall–Kier alpha value is -4.50. The maximum absolute atomic E-state index is 11.1. The Morgan fingerprint density at radius 1 is 1.04 bits per heavy atom. The molecule has 0 aliphatic carbocycles. The third-order valence-corrected chi connectivity index (χ3v) is 2.57. The molecule has 0 aliphatic heterocycles. The van der Waals surface area contributed by atoms with Gasteiger partial charge in [0.2, 0.25) is 0 Å². The summed E-state index contributed by atoms with van der Waals surface area (Å²) >= 11 is 0. The molecule has 0 spiro atoms. The van der Waals surface area contributed by atoms with Crippen LogP contribution in [0, 0.1) is 54.2 Å². The first kappa shape index (κ1) is 17.6. The first-order valence-corrected chi connectivity index (χ1v) is 5.68. The Morgan fingerprint density at radius 3 is 1.79 bits per heavy atom. The van der Waals surface area contributed by atoms with Crippen LogP contribution in [0.15, 0.2) is 23.4 Å². The van der Waals surface area contributed by atoms with E-state index in [-0.39, 0.29) is 0 Å². The molecular formula is C12H4N6O6. The zero-order valence-electron chi connectivity index (χ0n) is 11.4. The highest BCUT2D eigenvalue weighted by atomic mass is 16.6. The van der Waals surface area contributed by atoms with Crippen molar-refractivity contribution in [2.75, 3.05) is 5.32 Å². The molecule has 1 aromatic carbocycles. The topological polar surface area (TPSA) is 207 Å². The zero-order valence-corrected chi connectivity index (χ0v) is 11.4. The van der Waals surface area contributed by atoms with Gasteiger partial charge < -0.3 is 10.4 Å². The van der Waals surface area contributed by atoms with Gasteiger partial charge in [0.05, 0.1) is 15.4 Å². The first-order chi connectivity index (χ1) is 11.3. The number of nitro groups is 2. The first-order valence-electron chi connectivity index (χ1n) is 5.68. The van der Waals surface area contributed by atoms with Crippen LogP contribution in [-0.4, -0.2) is 20.9 Å². The molecule has 0 saturated carbocycles. The lowest BCUT2D eigenvalue weighted by Crippen LogP contribution is -2.09. The minimum atomic E-state index is -1.64. The molecule has 0 heterocycles. The number of carboxylic acid groups (broad SMARTS) is 1. The normalized spacial score (nSPS) is 8.88. The Bertz CT molecular complexity index is 862. The molecule has 0 fully saturated rings. The van der Waals surface area contributed by atoms with E-state index >= 15 is 0 Å². The maximum Gasteiger partial charge on any atom is 0.336 e. The summed E-state index contributed by atoms with van der Waals surface area (Å²) in [6.45, 7) is 0. The molecule has 24 heavy (non-hydrogen) atoms. The fourth-order valence-electron chi connectivity index (χ4n) is 1.56. The SMILES string of the molecule is N#CC(C#N)=C(C#N)Nc1c([N+](=O)[O-])cc(C(=O)O)cc1[N+](=O)[O-]. The van der Waals surface area contributed by atoms with Crippen molar-refractivity contribution in [2.45, 2.75) is 0 Å². The number of rotatable bonds is 5. The number of anilines is 1. The van der Waals surface area contributed by atoms with Crippen LogP contribution in [0.2, 0.25) is 0 Å². The molecule has 1 aromatic rings. The lowest BCUT2D eigenvalue weighted by molar-refractivity contribution is -0.392. The van der Waals surface area contributed by atoms with Crippen molar-refractivity contribution in [1.29, 1.82) is 15.8 Å². The molecule has 0 bridgehead atoms. The van der Waals surface area contributed by atoms with Crippen molar-refractivity contribution in [2.24, 2.45) is 0 Å². The van der Waals surface area contributed by atoms with Crippen LogP contribution in [0.3, 0.4) is 0 Å². The number of hydrogen-bond acceptors (Lipinski definition) is 9. The highest BCUT2D eigenvalue weighted by Gasteiger charge is 2.29. The van der Waals surface area contributed by atoms with Crippen LogP contribution in [0.4, 0.5) is 17.1 Å². The van der Waals surface area contributed by atoms with Crippen molar-refractivity contribution in [1.82, 2.24) is 0 Å². The standard InChI is InChI=1S/C12H4N6O6/c13-3-7(4-14)8(5-15)16-11-9(17(21)22)1-6(12(19)20)2-10(11)18(23)24/h1-2,16H,(H,19,20). The number of nitriles is 3. The minimum Gasteiger partial charge on any atom is -0.478 e. The number of allylic oxidation sites excluding steroid dienone is 2. The van der Waals surface area contributed by atoms with Gasteiger partial charge in [0.1, 0.15) is 23.9 Å². The van der Waals surface area contributed by atoms with E-state index in [4.69, 9.17) is 20.9 Å². The van der Waals surface area contributed by atoms with Crippen molar-refractivity contribution in [3.8, 4) is 18.2 Å². The molecule has 0 saturated heterocycles. The van der Waals surface area contributed by atoms with Gasteiger partial charge in [-0.2, -0.15) is 15.8 Å². The minimum absolute atomic E-state index is 0.547. The average Bonchev–Trinajstić information content (AvgIpc) is 2.53. The van der Waals surface area contributed by atoms with Crippen molar-refractivity contribution < 1.29 is 19.7 Å². The number of aromatic carboxylic acids is 1. The largest absolute Gasteiger partial charge is 0.478 e. The van der Waals surface area contributed by atoms with E-state index in [1.165, 1.54) is 18.2 Å². The third-order valence-electron chi connectivity index (χ3n) is 2.57. The van der Waals surface area contributed by atoms with Crippen LogP contribution < -0.4 is 5.32 Å². The predicted octanol–water partition coefficient (Wildman–Crippen LogP) is 1.44. The van der Waals surface area contributed by atoms with Gasteiger partial charge in [-0.25, -0.2) is 4.79 Å². The van der Waals surface area contributed by atoms with Gasteiger partial charge in [0.25, 0.3) is 0 Å². The highest BCUT2D eigenvalue weighted by Crippen LogP contribution is 2.36. The van der Waals surface area contributed by atoms with Crippen LogP contribution in [0.1, 0.15) is 10.4 Å². The Labute approximate surface area is 132 Å². The van der Waals surface area contributed by atoms with E-state index < -0.39 is 49.7 Å². The molecule has 0 aromatic heterocycles. The fraction of sp³-hybridized carbons (Fsp3) is 0. The molecular weight excluding hydrogens is 324 g/mol. The molecule has 12 nitrogen and oxygen atoms in total. The summed E-state index contributed by atoms with van der Waals surface area (Å²) < 4.78 is 0. The summed E-state index contributed by atoms with van der Waals surface area (Å²) in [5, 5.41) is 59.3. The molecule has 118 valence electrons.